The summed E-state index contributed by atoms with van der Waals surface area (Å²) in [4.78, 5) is 4.94. The van der Waals surface area contributed by atoms with E-state index in [4.69, 9.17) is 28.2 Å². The summed E-state index contributed by atoms with van der Waals surface area (Å²) in [7, 11) is -1.82. The quantitative estimate of drug-likeness (QED) is 0.156. The third kappa shape index (κ3) is 5.82. The van der Waals surface area contributed by atoms with Crippen molar-refractivity contribution in [2.75, 3.05) is 0 Å². The number of halogens is 2. The lowest BCUT2D eigenvalue weighted by Crippen LogP contribution is -2.70. The molecule has 0 aliphatic heterocycles. The van der Waals surface area contributed by atoms with E-state index in [0.29, 0.717) is 0 Å². The first-order chi connectivity index (χ1) is 20.1. The van der Waals surface area contributed by atoms with Crippen molar-refractivity contribution in [2.45, 2.75) is 12.0 Å². The van der Waals surface area contributed by atoms with Crippen LogP contribution in [0.2, 0.25) is 10.0 Å². The minimum Gasteiger partial charge on any atom is -0.345 e. The Bertz CT molecular complexity index is 1610. The second kappa shape index (κ2) is 12.4. The maximum Gasteiger partial charge on any atom is 0.217 e. The summed E-state index contributed by atoms with van der Waals surface area (Å²) in [5, 5.41) is 5.37. The van der Waals surface area contributed by atoms with Crippen molar-refractivity contribution < 1.29 is 0 Å². The molecule has 6 rings (SSSR count). The van der Waals surface area contributed by atoms with Crippen molar-refractivity contribution in [3.63, 3.8) is 0 Å². The Labute approximate surface area is 253 Å². The second-order valence-electron chi connectivity index (χ2n) is 10.3. The molecule has 0 saturated heterocycles. The van der Waals surface area contributed by atoms with E-state index in [1.807, 2.05) is 30.5 Å². The van der Waals surface area contributed by atoms with E-state index in [0.717, 1.165) is 29.2 Å². The average Bonchev–Trinajstić information content (AvgIpc) is 3.47. The van der Waals surface area contributed by atoms with Crippen LogP contribution in [-0.4, -0.2) is 24.9 Å². The number of hydrogen-bond acceptors (Lipinski definition) is 1. The summed E-state index contributed by atoms with van der Waals surface area (Å²) in [6.07, 6.45) is 4.88. The van der Waals surface area contributed by atoms with Gasteiger partial charge in [0.15, 0.2) is 8.07 Å². The Morgan fingerprint density at radius 3 is 1.51 bits per heavy atom. The zero-order valence-electron chi connectivity index (χ0n) is 22.6. The molecule has 0 unspecified atom stereocenters. The number of hydrogen-bond donors (Lipinski definition) is 0. The molecule has 1 aromatic heterocycles. The topological polar surface area (TPSA) is 17.8 Å². The van der Waals surface area contributed by atoms with Gasteiger partial charge in [0.05, 0.1) is 5.72 Å². The fourth-order valence-corrected chi connectivity index (χ4v) is 10.7. The Hall–Kier alpha value is -3.83. The number of imidazole rings is 1. The lowest BCUT2D eigenvalue weighted by Gasteiger charge is -2.35. The first kappa shape index (κ1) is 27.3. The van der Waals surface area contributed by atoms with Crippen LogP contribution >= 0.6 is 23.2 Å². The van der Waals surface area contributed by atoms with E-state index in [2.05, 4.69) is 126 Å². The summed E-state index contributed by atoms with van der Waals surface area (Å²) in [6.45, 7) is 0. The Kier molecular flexibility index (Phi) is 8.24. The molecule has 1 heterocycles. The molecule has 0 N–H and O–H groups in total. The Morgan fingerprint density at radius 2 is 1.02 bits per heavy atom. The molecular weight excluding hydrogens is 558 g/mol. The van der Waals surface area contributed by atoms with Gasteiger partial charge in [-0.2, -0.15) is 0 Å². The predicted molar refractivity (Wildman–Crippen MR) is 178 cm³/mol. The van der Waals surface area contributed by atoms with Crippen molar-refractivity contribution >= 4 is 59.8 Å². The zero-order chi connectivity index (χ0) is 28.1. The molecule has 6 aromatic rings. The third-order valence-corrected chi connectivity index (χ3v) is 13.2. The number of benzene rings is 5. The fraction of sp³-hybridized carbons (Fsp3) is 0.0571. The van der Waals surface area contributed by atoms with Crippen LogP contribution in [0.1, 0.15) is 16.9 Å². The third-order valence-electron chi connectivity index (χ3n) is 7.94. The maximum absolute atomic E-state index is 6.40. The molecule has 200 valence electrons. The minimum absolute atomic E-state index is 0.192. The summed E-state index contributed by atoms with van der Waals surface area (Å²) in [6, 6.07) is 49.2. The van der Waals surface area contributed by atoms with Gasteiger partial charge < -0.3 is 4.57 Å². The Morgan fingerprint density at radius 1 is 0.585 bits per heavy atom. The van der Waals surface area contributed by atoms with Crippen LogP contribution in [0.25, 0.3) is 0 Å². The van der Waals surface area contributed by atoms with Crippen molar-refractivity contribution in [1.82, 2.24) is 9.55 Å². The van der Waals surface area contributed by atoms with Gasteiger partial charge >= 0.3 is 0 Å². The van der Waals surface area contributed by atoms with Gasteiger partial charge in [0, 0.05) is 28.6 Å². The van der Waals surface area contributed by atoms with Gasteiger partial charge in [-0.05, 0) is 56.8 Å². The van der Waals surface area contributed by atoms with Crippen LogP contribution in [0.4, 0.5) is 0 Å². The minimum atomic E-state index is -2.61. The van der Waals surface area contributed by atoms with Gasteiger partial charge in [-0.1, -0.05) is 138 Å². The molecule has 0 fully saturated rings. The van der Waals surface area contributed by atoms with Gasteiger partial charge in [0.1, 0.15) is 0 Å². The van der Waals surface area contributed by atoms with Crippen LogP contribution in [0, 0.1) is 0 Å². The van der Waals surface area contributed by atoms with Gasteiger partial charge in [0.25, 0.3) is 0 Å². The lowest BCUT2D eigenvalue weighted by molar-refractivity contribution is 0.889. The molecule has 0 aliphatic rings. The van der Waals surface area contributed by atoms with E-state index in [9.17, 15) is 0 Å². The van der Waals surface area contributed by atoms with Crippen LogP contribution < -0.4 is 21.3 Å². The van der Waals surface area contributed by atoms with Crippen molar-refractivity contribution in [2.24, 2.45) is 0 Å². The van der Waals surface area contributed by atoms with E-state index >= 15 is 0 Å². The highest BCUT2D eigenvalue weighted by molar-refractivity contribution is 7.10. The van der Waals surface area contributed by atoms with Crippen LogP contribution in [-0.2, 0) is 6.17 Å². The highest BCUT2D eigenvalue weighted by atomic mass is 35.5. The van der Waals surface area contributed by atoms with E-state index in [-0.39, 0.29) is 5.82 Å². The first-order valence-corrected chi connectivity index (χ1v) is 16.8. The monoisotopic (exact) mass is 586 g/mol. The van der Waals surface area contributed by atoms with Crippen LogP contribution in [0.5, 0.6) is 0 Å². The standard InChI is InChI=1S/C35H29BCl2N2Si/c37-29-16-20-32(21-17-29)41(31-14-8-3-9-15-31,33-22-18-30(38)19-23-33)26-40-25-24-39-35(40)36-34(27-10-4-1-5-11-27)28-12-6-2-7-13-28/h1-25,34,36H,26H2. The molecule has 5 aromatic carbocycles. The number of aromatic nitrogens is 2. The van der Waals surface area contributed by atoms with Gasteiger partial charge in [-0.25, -0.2) is 0 Å². The molecule has 6 heteroatoms. The number of rotatable bonds is 9. The molecule has 0 aliphatic carbocycles. The summed E-state index contributed by atoms with van der Waals surface area (Å²) in [5.74, 6) is 0.192. The molecule has 41 heavy (non-hydrogen) atoms. The van der Waals surface area contributed by atoms with Crippen molar-refractivity contribution in [1.29, 1.82) is 0 Å². The number of nitrogens with zero attached hydrogens (tertiary/aromatic N) is 2. The molecule has 0 spiro atoms. The molecule has 0 atom stereocenters. The predicted octanol–water partition coefficient (Wildman–Crippen LogP) is 5.75. The second-order valence-corrected chi connectivity index (χ2v) is 15.1. The molecule has 0 bridgehead atoms. The van der Waals surface area contributed by atoms with E-state index in [1.165, 1.54) is 26.7 Å². The molecule has 2 nitrogen and oxygen atoms in total. The summed E-state index contributed by atoms with van der Waals surface area (Å²) < 4.78 is 2.38. The van der Waals surface area contributed by atoms with Gasteiger partial charge in [-0.3, -0.25) is 4.98 Å². The van der Waals surface area contributed by atoms with Crippen molar-refractivity contribution in [3.05, 3.63) is 173 Å². The normalized spacial score (nSPS) is 11.5. The molecular formula is C35H29BCl2N2Si. The summed E-state index contributed by atoms with van der Waals surface area (Å²) >= 11 is 12.8. The molecule has 0 amide bonds. The molecule has 0 saturated carbocycles. The van der Waals surface area contributed by atoms with Crippen LogP contribution in [0.3, 0.4) is 0 Å². The van der Waals surface area contributed by atoms with E-state index in [1.54, 1.807) is 0 Å². The van der Waals surface area contributed by atoms with Crippen LogP contribution in [0.15, 0.2) is 152 Å². The smallest absolute Gasteiger partial charge is 0.217 e. The zero-order valence-corrected chi connectivity index (χ0v) is 25.1. The lowest BCUT2D eigenvalue weighted by atomic mass is 9.58. The largest absolute Gasteiger partial charge is 0.345 e. The maximum atomic E-state index is 6.40. The first-order valence-electron chi connectivity index (χ1n) is 13.8. The summed E-state index contributed by atoms with van der Waals surface area (Å²) in [5.41, 5.74) is 3.64. The van der Waals surface area contributed by atoms with Gasteiger partial charge in [-0.15, -0.1) is 0 Å². The van der Waals surface area contributed by atoms with Gasteiger partial charge in [0.2, 0.25) is 7.28 Å². The van der Waals surface area contributed by atoms with Crippen molar-refractivity contribution in [3.8, 4) is 0 Å². The highest BCUT2D eigenvalue weighted by Crippen LogP contribution is 2.23. The fourth-order valence-electron chi connectivity index (χ4n) is 5.88. The SMILES string of the molecule is Clc1ccc([Si](Cn2ccnc2BC(c2ccccc2)c2ccccc2)(c2ccccc2)c2ccc(Cl)cc2)cc1. The highest BCUT2D eigenvalue weighted by Gasteiger charge is 2.40. The average molecular weight is 587 g/mol. The molecule has 0 radical (unpaired) electrons. The van der Waals surface area contributed by atoms with E-state index < -0.39 is 8.07 Å². The Balaban J connectivity index is 1.49.